The van der Waals surface area contributed by atoms with Crippen molar-refractivity contribution in [3.8, 4) is 11.5 Å². The number of amides is 1. The zero-order valence-electron chi connectivity index (χ0n) is 10.1. The lowest BCUT2D eigenvalue weighted by Crippen LogP contribution is -2.36. The van der Waals surface area contributed by atoms with E-state index >= 15 is 0 Å². The highest BCUT2D eigenvalue weighted by Crippen LogP contribution is 2.36. The van der Waals surface area contributed by atoms with Gasteiger partial charge >= 0.3 is 0 Å². The lowest BCUT2D eigenvalue weighted by molar-refractivity contribution is 0.0721. The van der Waals surface area contributed by atoms with Gasteiger partial charge in [0.2, 0.25) is 0 Å². The van der Waals surface area contributed by atoms with Crippen molar-refractivity contribution in [2.75, 3.05) is 7.05 Å². The van der Waals surface area contributed by atoms with E-state index in [4.69, 9.17) is 0 Å². The zero-order chi connectivity index (χ0) is 12.6. The summed E-state index contributed by atoms with van der Waals surface area (Å²) in [6.45, 7) is 1.99. The topological polar surface area (TPSA) is 60.8 Å². The number of carbonyl (C=O) groups excluding carboxylic acids is 1. The van der Waals surface area contributed by atoms with E-state index in [1.807, 2.05) is 6.92 Å². The van der Waals surface area contributed by atoms with Gasteiger partial charge in [-0.05, 0) is 37.8 Å². The van der Waals surface area contributed by atoms with Crippen molar-refractivity contribution in [2.24, 2.45) is 5.92 Å². The molecule has 1 aromatic rings. The number of hydrogen-bond donors (Lipinski definition) is 2. The number of phenolic OH excluding ortho intramolecular Hbond substituents is 2. The van der Waals surface area contributed by atoms with Gasteiger partial charge in [-0.1, -0.05) is 6.07 Å². The summed E-state index contributed by atoms with van der Waals surface area (Å²) in [7, 11) is 1.71. The van der Waals surface area contributed by atoms with Crippen LogP contribution in [0.3, 0.4) is 0 Å². The molecule has 1 aliphatic carbocycles. The maximum absolute atomic E-state index is 12.2. The summed E-state index contributed by atoms with van der Waals surface area (Å²) in [5.41, 5.74) is -0.0116. The standard InChI is InChI=1S/C13H17NO3/c1-8(9-6-7-9)14(2)13(17)12-10(15)4-3-5-11(12)16/h3-5,8-9,15-16H,6-7H2,1-2H3. The van der Waals surface area contributed by atoms with Gasteiger partial charge in [0.25, 0.3) is 5.91 Å². The molecule has 0 aromatic heterocycles. The third-order valence-corrected chi connectivity index (χ3v) is 3.47. The van der Waals surface area contributed by atoms with Crippen molar-refractivity contribution < 1.29 is 15.0 Å². The van der Waals surface area contributed by atoms with Gasteiger partial charge in [-0.15, -0.1) is 0 Å². The molecule has 1 amide bonds. The summed E-state index contributed by atoms with van der Waals surface area (Å²) >= 11 is 0. The van der Waals surface area contributed by atoms with E-state index in [-0.39, 0.29) is 29.0 Å². The quantitative estimate of drug-likeness (QED) is 0.842. The predicted molar refractivity (Wildman–Crippen MR) is 64.1 cm³/mol. The third kappa shape index (κ3) is 2.20. The number of nitrogens with zero attached hydrogens (tertiary/aromatic N) is 1. The summed E-state index contributed by atoms with van der Waals surface area (Å²) in [4.78, 5) is 13.8. The second-order valence-corrected chi connectivity index (χ2v) is 4.67. The van der Waals surface area contributed by atoms with E-state index in [0.717, 1.165) is 12.8 Å². The predicted octanol–water partition coefficient (Wildman–Crippen LogP) is 1.97. The number of aromatic hydroxyl groups is 2. The number of rotatable bonds is 3. The largest absolute Gasteiger partial charge is 0.507 e. The van der Waals surface area contributed by atoms with Crippen LogP contribution in [-0.4, -0.2) is 34.1 Å². The van der Waals surface area contributed by atoms with Crippen LogP contribution in [0.5, 0.6) is 11.5 Å². The van der Waals surface area contributed by atoms with Crippen LogP contribution < -0.4 is 0 Å². The molecule has 0 bridgehead atoms. The SMILES string of the molecule is CC(C1CC1)N(C)C(=O)c1c(O)cccc1O. The second kappa shape index (κ2) is 4.28. The Morgan fingerprint density at radius 2 is 1.88 bits per heavy atom. The molecule has 4 nitrogen and oxygen atoms in total. The molecule has 2 N–H and O–H groups in total. The summed E-state index contributed by atoms with van der Waals surface area (Å²) in [5.74, 6) is -0.133. The Bertz CT molecular complexity index is 420. The van der Waals surface area contributed by atoms with E-state index in [1.54, 1.807) is 11.9 Å². The molecule has 1 atom stereocenters. The van der Waals surface area contributed by atoms with E-state index in [2.05, 4.69) is 0 Å². The second-order valence-electron chi connectivity index (χ2n) is 4.67. The number of benzene rings is 1. The fourth-order valence-corrected chi connectivity index (χ4v) is 2.00. The molecule has 0 spiro atoms. The summed E-state index contributed by atoms with van der Waals surface area (Å²) in [6, 6.07) is 4.46. The average molecular weight is 235 g/mol. The fraction of sp³-hybridized carbons (Fsp3) is 0.462. The minimum absolute atomic E-state index is 0.0116. The Morgan fingerprint density at radius 1 is 1.35 bits per heavy atom. The Hall–Kier alpha value is -1.71. The first kappa shape index (κ1) is 11.8. The molecule has 1 fully saturated rings. The van der Waals surface area contributed by atoms with Gasteiger partial charge in [-0.2, -0.15) is 0 Å². The van der Waals surface area contributed by atoms with E-state index in [0.29, 0.717) is 5.92 Å². The molecule has 1 saturated carbocycles. The number of carbonyl (C=O) groups is 1. The number of hydrogen-bond acceptors (Lipinski definition) is 3. The molecule has 0 radical (unpaired) electrons. The fourth-order valence-electron chi connectivity index (χ4n) is 2.00. The van der Waals surface area contributed by atoms with Crippen molar-refractivity contribution in [3.05, 3.63) is 23.8 Å². The minimum Gasteiger partial charge on any atom is -0.507 e. The smallest absolute Gasteiger partial charge is 0.261 e. The van der Waals surface area contributed by atoms with Crippen LogP contribution >= 0.6 is 0 Å². The van der Waals surface area contributed by atoms with E-state index < -0.39 is 0 Å². The Labute approximate surface area is 100 Å². The Balaban J connectivity index is 2.24. The van der Waals surface area contributed by atoms with Gasteiger partial charge in [0.15, 0.2) is 0 Å². The average Bonchev–Trinajstić information content (AvgIpc) is 3.10. The Morgan fingerprint density at radius 3 is 2.35 bits per heavy atom. The van der Waals surface area contributed by atoms with Gasteiger partial charge in [0, 0.05) is 13.1 Å². The first-order valence-corrected chi connectivity index (χ1v) is 5.80. The highest BCUT2D eigenvalue weighted by atomic mass is 16.3. The highest BCUT2D eigenvalue weighted by Gasteiger charge is 2.33. The van der Waals surface area contributed by atoms with Crippen LogP contribution in [0, 0.1) is 5.92 Å². The van der Waals surface area contributed by atoms with Crippen LogP contribution in [0.1, 0.15) is 30.1 Å². The molecule has 0 heterocycles. The van der Waals surface area contributed by atoms with Gasteiger partial charge < -0.3 is 15.1 Å². The molecular weight excluding hydrogens is 218 g/mol. The van der Waals surface area contributed by atoms with Crippen molar-refractivity contribution in [1.82, 2.24) is 4.90 Å². The van der Waals surface area contributed by atoms with Crippen molar-refractivity contribution in [1.29, 1.82) is 0 Å². The van der Waals surface area contributed by atoms with Crippen molar-refractivity contribution in [2.45, 2.75) is 25.8 Å². The monoisotopic (exact) mass is 235 g/mol. The van der Waals surface area contributed by atoms with Crippen LogP contribution in [0.4, 0.5) is 0 Å². The molecule has 4 heteroatoms. The van der Waals surface area contributed by atoms with Gasteiger partial charge in [0.05, 0.1) is 0 Å². The maximum Gasteiger partial charge on any atom is 0.261 e. The van der Waals surface area contributed by atoms with Crippen LogP contribution in [0.15, 0.2) is 18.2 Å². The first-order valence-electron chi connectivity index (χ1n) is 5.80. The molecule has 17 heavy (non-hydrogen) atoms. The van der Waals surface area contributed by atoms with Crippen LogP contribution in [-0.2, 0) is 0 Å². The molecule has 0 aliphatic heterocycles. The zero-order valence-corrected chi connectivity index (χ0v) is 10.1. The summed E-state index contributed by atoms with van der Waals surface area (Å²) in [6.07, 6.45) is 2.29. The molecule has 1 aliphatic rings. The van der Waals surface area contributed by atoms with Crippen LogP contribution in [0.25, 0.3) is 0 Å². The van der Waals surface area contributed by atoms with Crippen LogP contribution in [0.2, 0.25) is 0 Å². The highest BCUT2D eigenvalue weighted by molar-refractivity contribution is 5.99. The first-order chi connectivity index (χ1) is 8.02. The Kier molecular flexibility index (Phi) is 2.96. The molecule has 0 saturated heterocycles. The molecule has 92 valence electrons. The lowest BCUT2D eigenvalue weighted by Gasteiger charge is -2.25. The van der Waals surface area contributed by atoms with E-state index in [9.17, 15) is 15.0 Å². The number of phenols is 2. The van der Waals surface area contributed by atoms with Crippen molar-refractivity contribution in [3.63, 3.8) is 0 Å². The summed E-state index contributed by atoms with van der Waals surface area (Å²) < 4.78 is 0. The minimum atomic E-state index is -0.333. The maximum atomic E-state index is 12.2. The molecular formula is C13H17NO3. The third-order valence-electron chi connectivity index (χ3n) is 3.47. The van der Waals surface area contributed by atoms with E-state index in [1.165, 1.54) is 18.2 Å². The molecule has 1 aromatic carbocycles. The van der Waals surface area contributed by atoms with Gasteiger partial charge in [-0.25, -0.2) is 0 Å². The van der Waals surface area contributed by atoms with Gasteiger partial charge in [0.1, 0.15) is 17.1 Å². The summed E-state index contributed by atoms with van der Waals surface area (Å²) in [5, 5.41) is 19.3. The van der Waals surface area contributed by atoms with Gasteiger partial charge in [-0.3, -0.25) is 4.79 Å². The van der Waals surface area contributed by atoms with Crippen molar-refractivity contribution >= 4 is 5.91 Å². The lowest BCUT2D eigenvalue weighted by atomic mass is 10.1. The molecule has 2 rings (SSSR count). The normalized spacial score (nSPS) is 16.6. The molecule has 1 unspecified atom stereocenters.